The third kappa shape index (κ3) is 2.41. The average Bonchev–Trinajstić information content (AvgIpc) is 2.73. The second kappa shape index (κ2) is 4.72. The van der Waals surface area contributed by atoms with Gasteiger partial charge in [-0.05, 0) is 18.4 Å². The molecule has 2 unspecified atom stereocenters. The van der Waals surface area contributed by atoms with E-state index in [1.54, 1.807) is 0 Å². The van der Waals surface area contributed by atoms with Crippen molar-refractivity contribution in [1.82, 2.24) is 0 Å². The van der Waals surface area contributed by atoms with E-state index in [0.29, 0.717) is 13.0 Å². The van der Waals surface area contributed by atoms with Gasteiger partial charge in [0.2, 0.25) is 0 Å². The maximum atomic E-state index is 12.8. The molecule has 0 saturated carbocycles. The molecule has 0 aromatic heterocycles. The van der Waals surface area contributed by atoms with Crippen LogP contribution in [0.3, 0.4) is 0 Å². The van der Waals surface area contributed by atoms with Crippen molar-refractivity contribution < 1.29 is 22.7 Å². The van der Waals surface area contributed by atoms with Crippen molar-refractivity contribution in [3.63, 3.8) is 0 Å². The predicted molar refractivity (Wildman–Crippen MR) is 59.3 cm³/mol. The number of hydrogen-bond donors (Lipinski definition) is 0. The van der Waals surface area contributed by atoms with Gasteiger partial charge in [-0.2, -0.15) is 13.2 Å². The van der Waals surface area contributed by atoms with E-state index < -0.39 is 23.6 Å². The van der Waals surface area contributed by atoms with Crippen LogP contribution >= 0.6 is 0 Å². The van der Waals surface area contributed by atoms with Crippen molar-refractivity contribution in [2.45, 2.75) is 25.6 Å². The summed E-state index contributed by atoms with van der Waals surface area (Å²) >= 11 is 0. The molecule has 1 fully saturated rings. The number of halogens is 3. The highest BCUT2D eigenvalue weighted by Gasteiger charge is 2.39. The lowest BCUT2D eigenvalue weighted by atomic mass is 9.93. The highest BCUT2D eigenvalue weighted by Crippen LogP contribution is 2.34. The number of Topliss-reactive ketones (excluding diaryl/α,β-unsaturated/α-hetero) is 1. The molecule has 18 heavy (non-hydrogen) atoms. The molecule has 0 bridgehead atoms. The monoisotopic (exact) mass is 258 g/mol. The Hall–Kier alpha value is -1.36. The first kappa shape index (κ1) is 13.1. The van der Waals surface area contributed by atoms with Gasteiger partial charge in [-0.1, -0.05) is 25.1 Å². The average molecular weight is 258 g/mol. The molecule has 1 aromatic rings. The number of carbonyl (C=O) groups is 1. The Morgan fingerprint density at radius 2 is 2.00 bits per heavy atom. The molecule has 0 N–H and O–H groups in total. The van der Waals surface area contributed by atoms with Crippen LogP contribution in [-0.2, 0) is 10.9 Å². The summed E-state index contributed by atoms with van der Waals surface area (Å²) in [5.74, 6) is -0.619. The van der Waals surface area contributed by atoms with Crippen LogP contribution in [0.5, 0.6) is 0 Å². The van der Waals surface area contributed by atoms with Crippen LogP contribution in [0.2, 0.25) is 0 Å². The van der Waals surface area contributed by atoms with Crippen LogP contribution < -0.4 is 0 Å². The number of carbonyl (C=O) groups excluding carboxylic acids is 1. The molecule has 1 heterocycles. The van der Waals surface area contributed by atoms with Gasteiger partial charge in [0, 0.05) is 12.2 Å². The van der Waals surface area contributed by atoms with Crippen LogP contribution in [-0.4, -0.2) is 18.5 Å². The molecular weight excluding hydrogens is 245 g/mol. The fraction of sp³-hybridized carbons (Fsp3) is 0.462. The maximum absolute atomic E-state index is 12.8. The van der Waals surface area contributed by atoms with Crippen LogP contribution in [0.4, 0.5) is 13.2 Å². The number of rotatable bonds is 2. The first-order valence-electron chi connectivity index (χ1n) is 5.73. The molecule has 0 spiro atoms. The molecule has 1 aliphatic heterocycles. The number of alkyl halides is 3. The summed E-state index contributed by atoms with van der Waals surface area (Å²) in [5.41, 5.74) is -1.19. The summed E-state index contributed by atoms with van der Waals surface area (Å²) in [5, 5.41) is 0. The predicted octanol–water partition coefficient (Wildman–Crippen LogP) is 3.31. The fourth-order valence-corrected chi connectivity index (χ4v) is 2.13. The lowest BCUT2D eigenvalue weighted by Gasteiger charge is -2.17. The van der Waals surface area contributed by atoms with Crippen molar-refractivity contribution in [1.29, 1.82) is 0 Å². The summed E-state index contributed by atoms with van der Waals surface area (Å²) in [6, 6.07) is 4.84. The van der Waals surface area contributed by atoms with Crippen LogP contribution in [0.1, 0.15) is 29.3 Å². The summed E-state index contributed by atoms with van der Waals surface area (Å²) in [6.07, 6.45) is -4.58. The van der Waals surface area contributed by atoms with Crippen molar-refractivity contribution in [3.8, 4) is 0 Å². The molecule has 0 radical (unpaired) electrons. The second-order valence-corrected chi connectivity index (χ2v) is 4.46. The number of ether oxygens (including phenoxy) is 1. The van der Waals surface area contributed by atoms with E-state index in [0.717, 1.165) is 6.07 Å². The normalized spacial score (nSPS) is 24.2. The van der Waals surface area contributed by atoms with E-state index in [2.05, 4.69) is 0 Å². The summed E-state index contributed by atoms with van der Waals surface area (Å²) < 4.78 is 43.6. The highest BCUT2D eigenvalue weighted by molar-refractivity contribution is 6.01. The molecule has 2 nitrogen and oxygen atoms in total. The number of benzene rings is 1. The van der Waals surface area contributed by atoms with Crippen LogP contribution in [0.15, 0.2) is 24.3 Å². The van der Waals surface area contributed by atoms with Gasteiger partial charge in [0.05, 0.1) is 5.56 Å². The summed E-state index contributed by atoms with van der Waals surface area (Å²) in [6.45, 7) is 2.23. The van der Waals surface area contributed by atoms with Gasteiger partial charge >= 0.3 is 6.18 Å². The molecule has 0 aliphatic carbocycles. The molecule has 1 saturated heterocycles. The molecule has 5 heteroatoms. The SMILES string of the molecule is CC1CCOC1C(=O)c1ccccc1C(F)(F)F. The third-order valence-electron chi connectivity index (χ3n) is 3.14. The van der Waals surface area contributed by atoms with Crippen molar-refractivity contribution in [2.75, 3.05) is 6.61 Å². The third-order valence-corrected chi connectivity index (χ3v) is 3.14. The Kier molecular flexibility index (Phi) is 3.43. The molecule has 98 valence electrons. The van der Waals surface area contributed by atoms with Gasteiger partial charge in [0.25, 0.3) is 0 Å². The first-order valence-corrected chi connectivity index (χ1v) is 5.73. The van der Waals surface area contributed by atoms with Gasteiger partial charge in [-0.25, -0.2) is 0 Å². The Balaban J connectivity index is 2.36. The smallest absolute Gasteiger partial charge is 0.370 e. The molecule has 2 atom stereocenters. The quantitative estimate of drug-likeness (QED) is 0.761. The van der Waals surface area contributed by atoms with Gasteiger partial charge < -0.3 is 4.74 Å². The van der Waals surface area contributed by atoms with E-state index in [4.69, 9.17) is 4.74 Å². The van der Waals surface area contributed by atoms with E-state index in [1.165, 1.54) is 18.2 Å². The number of hydrogen-bond acceptors (Lipinski definition) is 2. The zero-order valence-corrected chi connectivity index (χ0v) is 9.83. The Morgan fingerprint density at radius 3 is 2.56 bits per heavy atom. The molecular formula is C13H13F3O2. The zero-order chi connectivity index (χ0) is 13.3. The topological polar surface area (TPSA) is 26.3 Å². The van der Waals surface area contributed by atoms with Gasteiger partial charge in [0.1, 0.15) is 6.10 Å². The summed E-state index contributed by atoms with van der Waals surface area (Å²) in [7, 11) is 0. The Morgan fingerprint density at radius 1 is 1.33 bits per heavy atom. The molecule has 2 rings (SSSR count). The number of ketones is 1. The maximum Gasteiger partial charge on any atom is 0.417 e. The van der Waals surface area contributed by atoms with E-state index in [1.807, 2.05) is 6.92 Å². The van der Waals surface area contributed by atoms with E-state index in [-0.39, 0.29) is 11.5 Å². The Bertz CT molecular complexity index is 454. The van der Waals surface area contributed by atoms with Crippen molar-refractivity contribution >= 4 is 5.78 Å². The minimum Gasteiger partial charge on any atom is -0.370 e. The van der Waals surface area contributed by atoms with Gasteiger partial charge in [-0.15, -0.1) is 0 Å². The second-order valence-electron chi connectivity index (χ2n) is 4.46. The minimum atomic E-state index is -4.52. The van der Waals surface area contributed by atoms with Gasteiger partial charge in [0.15, 0.2) is 5.78 Å². The fourth-order valence-electron chi connectivity index (χ4n) is 2.13. The highest BCUT2D eigenvalue weighted by atomic mass is 19.4. The molecule has 1 aromatic carbocycles. The van der Waals surface area contributed by atoms with E-state index in [9.17, 15) is 18.0 Å². The Labute approximate surface area is 103 Å². The van der Waals surface area contributed by atoms with Gasteiger partial charge in [-0.3, -0.25) is 4.79 Å². The zero-order valence-electron chi connectivity index (χ0n) is 9.83. The standard InChI is InChI=1S/C13H13F3O2/c1-8-6-7-18-12(8)11(17)9-4-2-3-5-10(9)13(14,15)16/h2-5,8,12H,6-7H2,1H3. The minimum absolute atomic E-state index is 0.0428. The molecule has 1 aliphatic rings. The first-order chi connectivity index (χ1) is 8.41. The van der Waals surface area contributed by atoms with Crippen molar-refractivity contribution in [3.05, 3.63) is 35.4 Å². The van der Waals surface area contributed by atoms with Crippen molar-refractivity contribution in [2.24, 2.45) is 5.92 Å². The van der Waals surface area contributed by atoms with E-state index >= 15 is 0 Å². The lowest BCUT2D eigenvalue weighted by Crippen LogP contribution is -2.27. The summed E-state index contributed by atoms with van der Waals surface area (Å²) in [4.78, 5) is 12.1. The lowest BCUT2D eigenvalue weighted by molar-refractivity contribution is -0.138. The largest absolute Gasteiger partial charge is 0.417 e. The van der Waals surface area contributed by atoms with Crippen LogP contribution in [0, 0.1) is 5.92 Å². The molecule has 0 amide bonds. The van der Waals surface area contributed by atoms with Crippen LogP contribution in [0.25, 0.3) is 0 Å².